The van der Waals surface area contributed by atoms with Gasteiger partial charge in [0.05, 0.1) is 0 Å². The number of likely N-dealkylation sites (N-methyl/N-ethyl adjacent to an activating group) is 1. The molecule has 12 nitrogen and oxygen atoms in total. The minimum atomic E-state index is -1.16. The van der Waals surface area contributed by atoms with Crippen LogP contribution in [0, 0.1) is 12.3 Å². The number of carbonyl (C=O) groups is 4. The van der Waals surface area contributed by atoms with Gasteiger partial charge in [-0.1, -0.05) is 52.9 Å². The first kappa shape index (κ1) is 33.9. The lowest BCUT2D eigenvalue weighted by Gasteiger charge is -2.31. The Kier molecular flexibility index (Phi) is 11.0. The molecule has 0 bridgehead atoms. The van der Waals surface area contributed by atoms with Crippen LogP contribution in [-0.2, 0) is 19.1 Å². The third-order valence-electron chi connectivity index (χ3n) is 7.32. The SMILES string of the molecule is C#CCOc1ccc([C@H](NC(=O)[C@H](C)N(C)C(=O)OC(C)(C)C)C(=O)N2CCC[C@H]2C(=O)Nc2snnc2-c2ccccc2)cc1. The van der Waals surface area contributed by atoms with E-state index in [-0.39, 0.29) is 12.5 Å². The topological polar surface area (TPSA) is 143 Å². The fraction of sp³-hybridized carbons (Fsp3) is 0.394. The Labute approximate surface area is 272 Å². The van der Waals surface area contributed by atoms with Crippen molar-refractivity contribution in [2.45, 2.75) is 64.3 Å². The zero-order valence-electron chi connectivity index (χ0n) is 26.5. The van der Waals surface area contributed by atoms with Gasteiger partial charge < -0.3 is 25.0 Å². The zero-order chi connectivity index (χ0) is 33.4. The van der Waals surface area contributed by atoms with E-state index in [0.717, 1.165) is 17.1 Å². The summed E-state index contributed by atoms with van der Waals surface area (Å²) in [5, 5.41) is 10.4. The van der Waals surface area contributed by atoms with E-state index in [0.29, 0.717) is 41.4 Å². The first-order chi connectivity index (χ1) is 21.9. The number of nitrogens with one attached hydrogen (secondary N) is 2. The minimum absolute atomic E-state index is 0.0682. The standard InChI is InChI=1S/C33H38N6O6S/c1-7-20-44-24-17-15-23(16-18-24)27(34-28(40)21(2)38(6)32(43)45-33(3,4)5)31(42)39-19-11-14-25(39)29(41)35-30-26(36-37-46-30)22-12-9-8-10-13-22/h1,8-10,12-13,15-18,21,25,27H,11,14,19-20H2,2-6H3,(H,34,40)(H,35,41)/t21-,25-,27-/m0/s1. The van der Waals surface area contributed by atoms with Gasteiger partial charge in [0, 0.05) is 30.7 Å². The van der Waals surface area contributed by atoms with E-state index >= 15 is 0 Å². The summed E-state index contributed by atoms with van der Waals surface area (Å²) < 4.78 is 14.9. The number of carbonyl (C=O) groups excluding carboxylic acids is 4. The zero-order valence-corrected chi connectivity index (χ0v) is 27.3. The van der Waals surface area contributed by atoms with Gasteiger partial charge in [-0.3, -0.25) is 19.3 Å². The number of rotatable bonds is 10. The van der Waals surface area contributed by atoms with E-state index in [1.165, 1.54) is 23.8 Å². The summed E-state index contributed by atoms with van der Waals surface area (Å²) in [5.41, 5.74) is 1.04. The van der Waals surface area contributed by atoms with Crippen LogP contribution in [0.25, 0.3) is 11.3 Å². The Morgan fingerprint density at radius 1 is 1.13 bits per heavy atom. The first-order valence-electron chi connectivity index (χ1n) is 14.8. The monoisotopic (exact) mass is 646 g/mol. The van der Waals surface area contributed by atoms with Crippen LogP contribution in [-0.4, -0.2) is 81.1 Å². The Bertz CT molecular complexity index is 1580. The molecular weight excluding hydrogens is 608 g/mol. The van der Waals surface area contributed by atoms with Crippen LogP contribution in [0.3, 0.4) is 0 Å². The van der Waals surface area contributed by atoms with E-state index in [9.17, 15) is 19.2 Å². The minimum Gasteiger partial charge on any atom is -0.481 e. The molecule has 0 radical (unpaired) electrons. The average molecular weight is 647 g/mol. The first-order valence-corrected chi connectivity index (χ1v) is 15.6. The highest BCUT2D eigenvalue weighted by Crippen LogP contribution is 2.31. The summed E-state index contributed by atoms with van der Waals surface area (Å²) in [7, 11) is 1.45. The van der Waals surface area contributed by atoms with Gasteiger partial charge in [0.2, 0.25) is 17.7 Å². The molecule has 0 unspecified atom stereocenters. The summed E-state index contributed by atoms with van der Waals surface area (Å²) in [4.78, 5) is 56.6. The highest BCUT2D eigenvalue weighted by molar-refractivity contribution is 7.10. The quantitative estimate of drug-likeness (QED) is 0.311. The number of ether oxygens (including phenoxy) is 2. The number of anilines is 1. The molecule has 3 atom stereocenters. The summed E-state index contributed by atoms with van der Waals surface area (Å²) in [6.45, 7) is 7.10. The molecule has 2 heterocycles. The number of nitrogens with zero attached hydrogens (tertiary/aromatic N) is 4. The molecule has 1 saturated heterocycles. The molecule has 46 heavy (non-hydrogen) atoms. The number of benzene rings is 2. The molecule has 3 aromatic rings. The number of likely N-dealkylation sites (tertiary alicyclic amines) is 1. The maximum absolute atomic E-state index is 14.2. The van der Waals surface area contributed by atoms with Gasteiger partial charge in [-0.05, 0) is 58.2 Å². The van der Waals surface area contributed by atoms with Crippen LogP contribution in [0.4, 0.5) is 9.80 Å². The van der Waals surface area contributed by atoms with Crippen LogP contribution < -0.4 is 15.4 Å². The van der Waals surface area contributed by atoms with Gasteiger partial charge in [0.25, 0.3) is 0 Å². The predicted octanol–water partition coefficient (Wildman–Crippen LogP) is 4.26. The average Bonchev–Trinajstić information content (AvgIpc) is 3.72. The van der Waals surface area contributed by atoms with Crippen molar-refractivity contribution in [3.63, 3.8) is 0 Å². The summed E-state index contributed by atoms with van der Waals surface area (Å²) in [5.74, 6) is 1.46. The van der Waals surface area contributed by atoms with Crippen molar-refractivity contribution in [2.75, 3.05) is 25.5 Å². The maximum atomic E-state index is 14.2. The van der Waals surface area contributed by atoms with E-state index < -0.39 is 41.6 Å². The van der Waals surface area contributed by atoms with E-state index in [2.05, 4.69) is 26.1 Å². The van der Waals surface area contributed by atoms with Gasteiger partial charge in [0.15, 0.2) is 0 Å². The van der Waals surface area contributed by atoms with Crippen molar-refractivity contribution >= 4 is 40.3 Å². The highest BCUT2D eigenvalue weighted by atomic mass is 32.1. The molecule has 4 rings (SSSR count). The van der Waals surface area contributed by atoms with Crippen LogP contribution >= 0.6 is 11.5 Å². The van der Waals surface area contributed by atoms with Gasteiger partial charge >= 0.3 is 6.09 Å². The maximum Gasteiger partial charge on any atom is 0.410 e. The molecule has 0 spiro atoms. The molecule has 0 saturated carbocycles. The lowest BCUT2D eigenvalue weighted by atomic mass is 10.0. The Hall–Kier alpha value is -4.96. The molecular formula is C33H38N6O6S. The van der Waals surface area contributed by atoms with Crippen molar-refractivity contribution in [1.29, 1.82) is 0 Å². The molecule has 4 amide bonds. The van der Waals surface area contributed by atoms with Crippen molar-refractivity contribution in [3.8, 4) is 29.4 Å². The van der Waals surface area contributed by atoms with Crippen molar-refractivity contribution in [3.05, 3.63) is 60.2 Å². The number of aromatic nitrogens is 2. The molecule has 0 aliphatic carbocycles. The molecule has 1 aliphatic rings. The van der Waals surface area contributed by atoms with Crippen molar-refractivity contribution in [2.24, 2.45) is 0 Å². The molecule has 1 fully saturated rings. The lowest BCUT2D eigenvalue weighted by Crippen LogP contribution is -2.52. The molecule has 13 heteroatoms. The predicted molar refractivity (Wildman–Crippen MR) is 174 cm³/mol. The van der Waals surface area contributed by atoms with Crippen molar-refractivity contribution in [1.82, 2.24) is 24.7 Å². The number of hydrogen-bond acceptors (Lipinski definition) is 9. The lowest BCUT2D eigenvalue weighted by molar-refractivity contribution is -0.141. The number of amides is 4. The van der Waals surface area contributed by atoms with E-state index in [1.807, 2.05) is 30.3 Å². The fourth-order valence-corrected chi connectivity index (χ4v) is 5.42. The smallest absolute Gasteiger partial charge is 0.410 e. The Morgan fingerprint density at radius 3 is 2.48 bits per heavy atom. The molecule has 242 valence electrons. The second kappa shape index (κ2) is 14.9. The second-order valence-corrected chi connectivity index (χ2v) is 12.5. The molecule has 1 aliphatic heterocycles. The normalized spacial score (nSPS) is 15.7. The Balaban J connectivity index is 1.56. The Morgan fingerprint density at radius 2 is 1.83 bits per heavy atom. The number of hydrogen-bond donors (Lipinski definition) is 2. The highest BCUT2D eigenvalue weighted by Gasteiger charge is 2.39. The van der Waals surface area contributed by atoms with E-state index in [4.69, 9.17) is 15.9 Å². The summed E-state index contributed by atoms with van der Waals surface area (Å²) >= 11 is 1.05. The van der Waals surface area contributed by atoms with Crippen LogP contribution in [0.2, 0.25) is 0 Å². The molecule has 1 aromatic heterocycles. The fourth-order valence-electron chi connectivity index (χ4n) is 4.82. The second-order valence-electron chi connectivity index (χ2n) is 11.8. The third kappa shape index (κ3) is 8.39. The van der Waals surface area contributed by atoms with E-state index in [1.54, 1.807) is 45.0 Å². The van der Waals surface area contributed by atoms with Crippen LogP contribution in [0.5, 0.6) is 5.75 Å². The molecule has 2 aromatic carbocycles. The third-order valence-corrected chi connectivity index (χ3v) is 7.96. The summed E-state index contributed by atoms with van der Waals surface area (Å²) in [6, 6.07) is 13.0. The van der Waals surface area contributed by atoms with Crippen molar-refractivity contribution < 1.29 is 28.7 Å². The largest absolute Gasteiger partial charge is 0.481 e. The van der Waals surface area contributed by atoms with Gasteiger partial charge in [-0.2, -0.15) is 0 Å². The molecule has 2 N–H and O–H groups in total. The van der Waals surface area contributed by atoms with Gasteiger partial charge in [-0.25, -0.2) is 4.79 Å². The van der Waals surface area contributed by atoms with Crippen LogP contribution in [0.1, 0.15) is 52.1 Å². The summed E-state index contributed by atoms with van der Waals surface area (Å²) in [6.07, 6.45) is 5.64. The number of terminal acetylenes is 1. The van der Waals surface area contributed by atoms with Crippen LogP contribution in [0.15, 0.2) is 54.6 Å². The van der Waals surface area contributed by atoms with Gasteiger partial charge in [-0.15, -0.1) is 11.5 Å². The van der Waals surface area contributed by atoms with Gasteiger partial charge in [0.1, 0.15) is 46.8 Å².